The number of carbonyl (C=O) groups excluding carboxylic acids is 2. The van der Waals surface area contributed by atoms with Crippen LogP contribution in [0, 0.1) is 6.92 Å². The van der Waals surface area contributed by atoms with Crippen LogP contribution in [0.5, 0.6) is 17.2 Å². The molecule has 0 atom stereocenters. The third-order valence-electron chi connectivity index (χ3n) is 5.98. The molecule has 4 aromatic rings. The standard InChI is InChI=1S/C28H28N2O7S/c1-15-20(28(32)37-12-11-33-2)21(17-13-18(34-3)25(36-5)19(14-17)35-4)22-23(29)26(38-27(22)30-15)24(31)16-9-7-6-8-10-16/h6-10,13-14H,11-12,29H2,1-5H3. The lowest BCUT2D eigenvalue weighted by atomic mass is 9.94. The van der Waals surface area contributed by atoms with E-state index in [1.165, 1.54) is 39.8 Å². The Kier molecular flexibility index (Phi) is 8.13. The van der Waals surface area contributed by atoms with Gasteiger partial charge in [-0.05, 0) is 24.6 Å². The Morgan fingerprint density at radius 1 is 0.947 bits per heavy atom. The molecule has 0 aliphatic heterocycles. The van der Waals surface area contributed by atoms with Crippen LogP contribution in [0.3, 0.4) is 0 Å². The molecule has 0 amide bonds. The first-order valence-electron chi connectivity index (χ1n) is 11.6. The molecule has 0 bridgehead atoms. The number of carbonyl (C=O) groups is 2. The maximum atomic E-state index is 13.4. The van der Waals surface area contributed by atoms with E-state index in [0.29, 0.717) is 54.7 Å². The van der Waals surface area contributed by atoms with Gasteiger partial charge in [0.15, 0.2) is 11.5 Å². The second kappa shape index (κ2) is 11.5. The number of benzene rings is 2. The molecule has 0 saturated heterocycles. The zero-order valence-electron chi connectivity index (χ0n) is 21.7. The number of aromatic nitrogens is 1. The van der Waals surface area contributed by atoms with E-state index < -0.39 is 5.97 Å². The summed E-state index contributed by atoms with van der Waals surface area (Å²) in [5.41, 5.74) is 9.00. The molecule has 0 unspecified atom stereocenters. The van der Waals surface area contributed by atoms with Crippen LogP contribution in [-0.4, -0.2) is 58.4 Å². The monoisotopic (exact) mass is 536 g/mol. The largest absolute Gasteiger partial charge is 0.493 e. The van der Waals surface area contributed by atoms with E-state index in [-0.39, 0.29) is 30.2 Å². The lowest BCUT2D eigenvalue weighted by Crippen LogP contribution is -2.14. The number of ketones is 1. The summed E-state index contributed by atoms with van der Waals surface area (Å²) in [6, 6.07) is 12.3. The molecule has 0 fully saturated rings. The van der Waals surface area contributed by atoms with Gasteiger partial charge in [-0.15, -0.1) is 11.3 Å². The number of aryl methyl sites for hydroxylation is 1. The Morgan fingerprint density at radius 2 is 1.61 bits per heavy atom. The third-order valence-corrected chi connectivity index (χ3v) is 7.08. The number of pyridine rings is 1. The van der Waals surface area contributed by atoms with Crippen LogP contribution >= 0.6 is 11.3 Å². The quantitative estimate of drug-likeness (QED) is 0.171. The molecule has 2 heterocycles. The van der Waals surface area contributed by atoms with E-state index in [9.17, 15) is 9.59 Å². The predicted molar refractivity (Wildman–Crippen MR) is 146 cm³/mol. The minimum Gasteiger partial charge on any atom is -0.493 e. The molecule has 9 nitrogen and oxygen atoms in total. The maximum absolute atomic E-state index is 13.4. The normalized spacial score (nSPS) is 10.9. The van der Waals surface area contributed by atoms with Crippen molar-refractivity contribution in [1.29, 1.82) is 0 Å². The van der Waals surface area contributed by atoms with Crippen molar-refractivity contribution in [3.8, 4) is 28.4 Å². The van der Waals surface area contributed by atoms with Crippen LogP contribution in [0.1, 0.15) is 31.3 Å². The molecular weight excluding hydrogens is 508 g/mol. The van der Waals surface area contributed by atoms with Crippen LogP contribution in [0.15, 0.2) is 42.5 Å². The van der Waals surface area contributed by atoms with Crippen LogP contribution in [0.25, 0.3) is 21.3 Å². The number of rotatable bonds is 10. The molecule has 0 aliphatic rings. The van der Waals surface area contributed by atoms with E-state index in [2.05, 4.69) is 4.98 Å². The van der Waals surface area contributed by atoms with Gasteiger partial charge in [0, 0.05) is 23.6 Å². The first-order chi connectivity index (χ1) is 18.4. The highest BCUT2D eigenvalue weighted by Gasteiger charge is 2.29. The fourth-order valence-corrected chi connectivity index (χ4v) is 5.32. The molecule has 2 aromatic heterocycles. The average molecular weight is 537 g/mol. The van der Waals surface area contributed by atoms with Gasteiger partial charge in [0.25, 0.3) is 0 Å². The molecule has 0 spiro atoms. The molecular formula is C28H28N2O7S. The number of nitrogen functional groups attached to an aromatic ring is 1. The van der Waals surface area contributed by atoms with Gasteiger partial charge in [-0.1, -0.05) is 30.3 Å². The van der Waals surface area contributed by atoms with Gasteiger partial charge < -0.3 is 29.4 Å². The van der Waals surface area contributed by atoms with Crippen molar-refractivity contribution in [2.24, 2.45) is 0 Å². The Labute approximate surface area is 224 Å². The lowest BCUT2D eigenvalue weighted by Gasteiger charge is -2.18. The number of ether oxygens (including phenoxy) is 5. The molecule has 0 saturated carbocycles. The molecule has 2 aromatic carbocycles. The van der Waals surface area contributed by atoms with Crippen molar-refractivity contribution < 1.29 is 33.3 Å². The number of hydrogen-bond acceptors (Lipinski definition) is 10. The van der Waals surface area contributed by atoms with Gasteiger partial charge >= 0.3 is 5.97 Å². The zero-order chi connectivity index (χ0) is 27.4. The maximum Gasteiger partial charge on any atom is 0.340 e. The summed E-state index contributed by atoms with van der Waals surface area (Å²) in [6.07, 6.45) is 0. The minimum absolute atomic E-state index is 0.0539. The summed E-state index contributed by atoms with van der Waals surface area (Å²) in [7, 11) is 6.03. The van der Waals surface area contributed by atoms with E-state index in [0.717, 1.165) is 0 Å². The Hall–Kier alpha value is -4.15. The second-order valence-corrected chi connectivity index (χ2v) is 9.21. The Morgan fingerprint density at radius 3 is 2.18 bits per heavy atom. The molecule has 4 rings (SSSR count). The number of nitrogens with two attached hydrogens (primary N) is 1. The van der Waals surface area contributed by atoms with Gasteiger partial charge in [0.2, 0.25) is 11.5 Å². The van der Waals surface area contributed by atoms with Crippen molar-refractivity contribution in [2.45, 2.75) is 6.92 Å². The number of nitrogens with zero attached hydrogens (tertiary/aromatic N) is 1. The second-order valence-electron chi connectivity index (χ2n) is 8.21. The average Bonchev–Trinajstić information content (AvgIpc) is 3.26. The fraction of sp³-hybridized carbons (Fsp3) is 0.250. The van der Waals surface area contributed by atoms with Crippen LogP contribution in [-0.2, 0) is 9.47 Å². The smallest absolute Gasteiger partial charge is 0.340 e. The summed E-state index contributed by atoms with van der Waals surface area (Å²) in [5, 5.41) is 0.466. The molecule has 0 aliphatic carbocycles. The molecule has 198 valence electrons. The first-order valence-corrected chi connectivity index (χ1v) is 12.5. The molecule has 38 heavy (non-hydrogen) atoms. The molecule has 0 radical (unpaired) electrons. The van der Waals surface area contributed by atoms with E-state index in [4.69, 9.17) is 29.4 Å². The van der Waals surface area contributed by atoms with Crippen LogP contribution in [0.4, 0.5) is 5.69 Å². The molecule has 2 N–H and O–H groups in total. The minimum atomic E-state index is -0.598. The van der Waals surface area contributed by atoms with Crippen LogP contribution in [0.2, 0.25) is 0 Å². The highest BCUT2D eigenvalue weighted by Crippen LogP contribution is 2.47. The third kappa shape index (κ3) is 4.88. The van der Waals surface area contributed by atoms with Gasteiger partial charge in [0.05, 0.1) is 44.9 Å². The van der Waals surface area contributed by atoms with E-state index in [1.54, 1.807) is 43.3 Å². The molecule has 10 heteroatoms. The highest BCUT2D eigenvalue weighted by molar-refractivity contribution is 7.21. The number of hydrogen-bond donors (Lipinski definition) is 1. The van der Waals surface area contributed by atoms with Crippen molar-refractivity contribution >= 4 is 39.0 Å². The van der Waals surface area contributed by atoms with E-state index in [1.807, 2.05) is 6.07 Å². The number of thiophene rings is 1. The zero-order valence-corrected chi connectivity index (χ0v) is 22.6. The van der Waals surface area contributed by atoms with Crippen LogP contribution < -0.4 is 19.9 Å². The van der Waals surface area contributed by atoms with Gasteiger partial charge in [-0.2, -0.15) is 0 Å². The van der Waals surface area contributed by atoms with E-state index >= 15 is 0 Å². The predicted octanol–water partition coefficient (Wildman–Crippen LogP) is 4.91. The van der Waals surface area contributed by atoms with Crippen molar-refractivity contribution in [1.82, 2.24) is 4.98 Å². The fourth-order valence-electron chi connectivity index (χ4n) is 4.21. The topological polar surface area (TPSA) is 119 Å². The van der Waals surface area contributed by atoms with Crippen molar-refractivity contribution in [2.75, 3.05) is 47.4 Å². The Bertz CT molecular complexity index is 1470. The number of methoxy groups -OCH3 is 4. The SMILES string of the molecule is COCCOC(=O)c1c(C)nc2sc(C(=O)c3ccccc3)c(N)c2c1-c1cc(OC)c(OC)c(OC)c1. The first kappa shape index (κ1) is 26.9. The van der Waals surface area contributed by atoms with Crippen molar-refractivity contribution in [3.63, 3.8) is 0 Å². The van der Waals surface area contributed by atoms with Gasteiger partial charge in [-0.3, -0.25) is 4.79 Å². The van der Waals surface area contributed by atoms with Gasteiger partial charge in [-0.25, -0.2) is 9.78 Å². The number of anilines is 1. The Balaban J connectivity index is 2.04. The number of fused-ring (bicyclic) bond motifs is 1. The number of esters is 1. The van der Waals surface area contributed by atoms with Crippen molar-refractivity contribution in [3.05, 3.63) is 64.2 Å². The summed E-state index contributed by atoms with van der Waals surface area (Å²) >= 11 is 1.17. The van der Waals surface area contributed by atoms with Gasteiger partial charge in [0.1, 0.15) is 16.3 Å². The summed E-state index contributed by atoms with van der Waals surface area (Å²) in [6.45, 7) is 2.00. The summed E-state index contributed by atoms with van der Waals surface area (Å²) in [4.78, 5) is 32.3. The summed E-state index contributed by atoms with van der Waals surface area (Å²) < 4.78 is 27.1. The highest BCUT2D eigenvalue weighted by atomic mass is 32.1. The summed E-state index contributed by atoms with van der Waals surface area (Å²) in [5.74, 6) is 0.335. The lowest BCUT2D eigenvalue weighted by molar-refractivity contribution is 0.0388.